The second-order valence-corrected chi connectivity index (χ2v) is 4.42. The number of ether oxygens (including phenoxy) is 2. The largest absolute Gasteiger partial charge is 0.477 e. The highest BCUT2D eigenvalue weighted by Gasteiger charge is 2.22. The van der Waals surface area contributed by atoms with Gasteiger partial charge in [-0.3, -0.25) is 0 Å². The zero-order valence-electron chi connectivity index (χ0n) is 10.5. The second-order valence-electron chi connectivity index (χ2n) is 4.42. The first-order valence-electron chi connectivity index (χ1n) is 6.26. The number of carbonyl (C=O) groups excluding carboxylic acids is 1. The standard InChI is InChI=1S/C13H18N2O3/c1-2-17-13(16)11-7-10(14)8-15-12(11)18-6-5-9-3-4-9/h7-9H,2-6,14H2,1H3. The summed E-state index contributed by atoms with van der Waals surface area (Å²) in [6.07, 6.45) is 5.05. The predicted octanol–water partition coefficient (Wildman–Crippen LogP) is 2.02. The Morgan fingerprint density at radius 3 is 3.00 bits per heavy atom. The minimum Gasteiger partial charge on any atom is -0.477 e. The molecule has 2 rings (SSSR count). The molecule has 1 aliphatic rings. The molecule has 98 valence electrons. The van der Waals surface area contributed by atoms with Gasteiger partial charge in [-0.25, -0.2) is 9.78 Å². The Kier molecular flexibility index (Phi) is 4.02. The zero-order chi connectivity index (χ0) is 13.0. The van der Waals surface area contributed by atoms with E-state index in [0.29, 0.717) is 30.3 Å². The number of aromatic nitrogens is 1. The van der Waals surface area contributed by atoms with Crippen LogP contribution < -0.4 is 10.5 Å². The smallest absolute Gasteiger partial charge is 0.343 e. The Hall–Kier alpha value is -1.78. The molecule has 1 aromatic rings. The van der Waals surface area contributed by atoms with Crippen LogP contribution in [-0.2, 0) is 4.74 Å². The number of nitrogens with zero attached hydrogens (tertiary/aromatic N) is 1. The molecule has 0 saturated heterocycles. The van der Waals surface area contributed by atoms with Gasteiger partial charge in [-0.2, -0.15) is 0 Å². The van der Waals surface area contributed by atoms with Crippen LogP contribution in [0.3, 0.4) is 0 Å². The first-order chi connectivity index (χ1) is 8.70. The maximum Gasteiger partial charge on any atom is 0.343 e. The molecule has 2 N–H and O–H groups in total. The van der Waals surface area contributed by atoms with Gasteiger partial charge in [0, 0.05) is 0 Å². The van der Waals surface area contributed by atoms with E-state index in [1.807, 2.05) is 0 Å². The summed E-state index contributed by atoms with van der Waals surface area (Å²) >= 11 is 0. The van der Waals surface area contributed by atoms with Crippen LogP contribution in [0.4, 0.5) is 5.69 Å². The highest BCUT2D eigenvalue weighted by Crippen LogP contribution is 2.32. The normalized spacial score (nSPS) is 14.3. The fraction of sp³-hybridized carbons (Fsp3) is 0.538. The van der Waals surface area contributed by atoms with Gasteiger partial charge in [0.1, 0.15) is 5.56 Å². The van der Waals surface area contributed by atoms with Crippen molar-refractivity contribution in [1.29, 1.82) is 0 Å². The summed E-state index contributed by atoms with van der Waals surface area (Å²) in [6.45, 7) is 2.65. The highest BCUT2D eigenvalue weighted by molar-refractivity contribution is 5.92. The van der Waals surface area contributed by atoms with Crippen molar-refractivity contribution >= 4 is 11.7 Å². The van der Waals surface area contributed by atoms with Gasteiger partial charge in [0.15, 0.2) is 0 Å². The van der Waals surface area contributed by atoms with Gasteiger partial charge in [-0.05, 0) is 25.3 Å². The van der Waals surface area contributed by atoms with E-state index in [1.54, 1.807) is 6.92 Å². The fourth-order valence-electron chi connectivity index (χ4n) is 1.67. The number of hydrogen-bond donors (Lipinski definition) is 1. The molecule has 1 aromatic heterocycles. The van der Waals surface area contributed by atoms with Crippen molar-refractivity contribution in [2.24, 2.45) is 5.92 Å². The Bertz CT molecular complexity index is 430. The maximum atomic E-state index is 11.7. The van der Waals surface area contributed by atoms with Gasteiger partial charge >= 0.3 is 5.97 Å². The fourth-order valence-corrected chi connectivity index (χ4v) is 1.67. The molecule has 0 aromatic carbocycles. The van der Waals surface area contributed by atoms with E-state index >= 15 is 0 Å². The molecule has 0 bridgehead atoms. The van der Waals surface area contributed by atoms with E-state index in [2.05, 4.69) is 4.98 Å². The molecule has 1 saturated carbocycles. The highest BCUT2D eigenvalue weighted by atomic mass is 16.5. The van der Waals surface area contributed by atoms with Crippen LogP contribution in [-0.4, -0.2) is 24.2 Å². The van der Waals surface area contributed by atoms with Crippen LogP contribution >= 0.6 is 0 Å². The molecule has 0 radical (unpaired) electrons. The van der Waals surface area contributed by atoms with Gasteiger partial charge in [-0.1, -0.05) is 12.8 Å². The Morgan fingerprint density at radius 2 is 2.33 bits per heavy atom. The minimum atomic E-state index is -0.446. The van der Waals surface area contributed by atoms with Crippen LogP contribution in [0.2, 0.25) is 0 Å². The first kappa shape index (κ1) is 12.7. The average Bonchev–Trinajstić information content (AvgIpc) is 3.15. The van der Waals surface area contributed by atoms with Crippen LogP contribution in [0.1, 0.15) is 36.5 Å². The van der Waals surface area contributed by atoms with Crippen LogP contribution in [0.25, 0.3) is 0 Å². The molecule has 0 aliphatic heterocycles. The number of pyridine rings is 1. The van der Waals surface area contributed by atoms with E-state index in [9.17, 15) is 4.79 Å². The number of hydrogen-bond acceptors (Lipinski definition) is 5. The number of rotatable bonds is 6. The lowest BCUT2D eigenvalue weighted by Crippen LogP contribution is -2.11. The number of anilines is 1. The third-order valence-corrected chi connectivity index (χ3v) is 2.83. The van der Waals surface area contributed by atoms with E-state index in [4.69, 9.17) is 15.2 Å². The number of nitrogen functional groups attached to an aromatic ring is 1. The summed E-state index contributed by atoms with van der Waals surface area (Å²) in [4.78, 5) is 15.8. The van der Waals surface area contributed by atoms with E-state index in [1.165, 1.54) is 25.1 Å². The Balaban J connectivity index is 2.03. The van der Waals surface area contributed by atoms with Crippen molar-refractivity contribution in [2.75, 3.05) is 18.9 Å². The molecule has 0 unspecified atom stereocenters. The predicted molar refractivity (Wildman–Crippen MR) is 67.4 cm³/mol. The van der Waals surface area contributed by atoms with Gasteiger partial charge < -0.3 is 15.2 Å². The number of esters is 1. The lowest BCUT2D eigenvalue weighted by molar-refractivity contribution is 0.0520. The van der Waals surface area contributed by atoms with E-state index in [0.717, 1.165) is 12.3 Å². The molecule has 0 amide bonds. The summed E-state index contributed by atoms with van der Waals surface area (Å²) in [7, 11) is 0. The summed E-state index contributed by atoms with van der Waals surface area (Å²) in [5.74, 6) is 0.645. The molecule has 5 nitrogen and oxygen atoms in total. The Morgan fingerprint density at radius 1 is 1.56 bits per heavy atom. The van der Waals surface area contributed by atoms with Gasteiger partial charge in [0.25, 0.3) is 0 Å². The van der Waals surface area contributed by atoms with Crippen LogP contribution in [0.15, 0.2) is 12.3 Å². The monoisotopic (exact) mass is 250 g/mol. The van der Waals surface area contributed by atoms with Crippen LogP contribution in [0, 0.1) is 5.92 Å². The maximum absolute atomic E-state index is 11.7. The van der Waals surface area contributed by atoms with Crippen molar-refractivity contribution < 1.29 is 14.3 Å². The molecular formula is C13H18N2O3. The first-order valence-corrected chi connectivity index (χ1v) is 6.26. The molecular weight excluding hydrogens is 232 g/mol. The van der Waals surface area contributed by atoms with Gasteiger partial charge in [-0.15, -0.1) is 0 Å². The van der Waals surface area contributed by atoms with Gasteiger partial charge in [0.2, 0.25) is 5.88 Å². The zero-order valence-corrected chi connectivity index (χ0v) is 10.5. The van der Waals surface area contributed by atoms with Gasteiger partial charge in [0.05, 0.1) is 25.1 Å². The lowest BCUT2D eigenvalue weighted by Gasteiger charge is -2.10. The Labute approximate surface area is 106 Å². The second kappa shape index (κ2) is 5.71. The third-order valence-electron chi connectivity index (χ3n) is 2.83. The van der Waals surface area contributed by atoms with Crippen molar-refractivity contribution in [3.8, 4) is 5.88 Å². The quantitative estimate of drug-likeness (QED) is 0.782. The van der Waals surface area contributed by atoms with Crippen LogP contribution in [0.5, 0.6) is 5.88 Å². The van der Waals surface area contributed by atoms with Crippen molar-refractivity contribution in [1.82, 2.24) is 4.98 Å². The number of carbonyl (C=O) groups is 1. The topological polar surface area (TPSA) is 74.4 Å². The molecule has 0 spiro atoms. The van der Waals surface area contributed by atoms with Crippen molar-refractivity contribution in [3.63, 3.8) is 0 Å². The molecule has 1 aliphatic carbocycles. The van der Waals surface area contributed by atoms with E-state index in [-0.39, 0.29) is 0 Å². The third kappa shape index (κ3) is 3.35. The summed E-state index contributed by atoms with van der Waals surface area (Å²) in [5.41, 5.74) is 6.34. The van der Waals surface area contributed by atoms with Crippen molar-refractivity contribution in [2.45, 2.75) is 26.2 Å². The molecule has 1 heterocycles. The summed E-state index contributed by atoms with van der Waals surface area (Å²) < 4.78 is 10.5. The molecule has 0 atom stereocenters. The average molecular weight is 250 g/mol. The van der Waals surface area contributed by atoms with Crippen molar-refractivity contribution in [3.05, 3.63) is 17.8 Å². The summed E-state index contributed by atoms with van der Waals surface area (Å²) in [5, 5.41) is 0. The minimum absolute atomic E-state index is 0.299. The summed E-state index contributed by atoms with van der Waals surface area (Å²) in [6, 6.07) is 1.54. The lowest BCUT2D eigenvalue weighted by atomic mass is 10.2. The molecule has 18 heavy (non-hydrogen) atoms. The molecule has 1 fully saturated rings. The van der Waals surface area contributed by atoms with E-state index < -0.39 is 5.97 Å². The molecule has 5 heteroatoms. The number of nitrogens with two attached hydrogens (primary N) is 1. The SMILES string of the molecule is CCOC(=O)c1cc(N)cnc1OCCC1CC1.